The van der Waals surface area contributed by atoms with E-state index in [-0.39, 0.29) is 11.6 Å². The van der Waals surface area contributed by atoms with Gasteiger partial charge in [-0.25, -0.2) is 14.2 Å². The van der Waals surface area contributed by atoms with Gasteiger partial charge in [0.25, 0.3) is 0 Å². The van der Waals surface area contributed by atoms with Crippen molar-refractivity contribution >= 4 is 17.6 Å². The molecule has 1 aromatic carbocycles. The van der Waals surface area contributed by atoms with Crippen LogP contribution in [0.5, 0.6) is 0 Å². The molecule has 32 heavy (non-hydrogen) atoms. The van der Waals surface area contributed by atoms with E-state index in [0.29, 0.717) is 54.6 Å². The summed E-state index contributed by atoms with van der Waals surface area (Å²) in [4.78, 5) is 31.9. The summed E-state index contributed by atoms with van der Waals surface area (Å²) in [5.41, 5.74) is 2.81. The predicted octanol–water partition coefficient (Wildman–Crippen LogP) is 3.50. The second kappa shape index (κ2) is 9.32. The molecule has 0 aliphatic carbocycles. The molecule has 1 fully saturated rings. The van der Waals surface area contributed by atoms with Gasteiger partial charge in [-0.15, -0.1) is 0 Å². The fourth-order valence-electron chi connectivity index (χ4n) is 3.93. The number of Topliss-reactive ketones (excluding diaryl/α,β-unsaturated/α-hetero) is 1. The molecule has 1 aliphatic rings. The second-order valence-corrected chi connectivity index (χ2v) is 7.57. The summed E-state index contributed by atoms with van der Waals surface area (Å²) >= 11 is 0. The number of aromatic nitrogens is 2. The Hall–Kier alpha value is -3.52. The van der Waals surface area contributed by atoms with Gasteiger partial charge in [0.1, 0.15) is 17.2 Å². The Balaban J connectivity index is 1.49. The Bertz CT molecular complexity index is 1150. The number of esters is 1. The molecule has 0 unspecified atom stereocenters. The molecule has 166 valence electrons. The molecule has 8 heteroatoms. The first-order valence-electron chi connectivity index (χ1n) is 10.4. The highest BCUT2D eigenvalue weighted by Gasteiger charge is 2.23. The van der Waals surface area contributed by atoms with E-state index in [1.54, 1.807) is 48.0 Å². The molecule has 2 aromatic heterocycles. The predicted molar refractivity (Wildman–Crippen MR) is 117 cm³/mol. The summed E-state index contributed by atoms with van der Waals surface area (Å²) in [7, 11) is 0. The first-order chi connectivity index (χ1) is 15.5. The molecule has 3 heterocycles. The largest absolute Gasteiger partial charge is 0.454 e. The number of carbonyl (C=O) groups excluding carboxylic acids is 2. The van der Waals surface area contributed by atoms with Gasteiger partial charge in [0.05, 0.1) is 13.2 Å². The van der Waals surface area contributed by atoms with Crippen molar-refractivity contribution in [2.75, 3.05) is 37.8 Å². The number of hydrogen-bond donors (Lipinski definition) is 0. The lowest BCUT2D eigenvalue weighted by molar-refractivity contribution is 0.0474. The number of ketones is 1. The maximum Gasteiger partial charge on any atom is 0.342 e. The molecule has 1 saturated heterocycles. The lowest BCUT2D eigenvalue weighted by Crippen LogP contribution is -2.37. The van der Waals surface area contributed by atoms with E-state index < -0.39 is 12.6 Å². The molecule has 0 N–H and O–H groups in total. The molecular weight excluding hydrogens is 413 g/mol. The fraction of sp³-hybridized carbons (Fsp3) is 0.292. The third-order valence-corrected chi connectivity index (χ3v) is 5.45. The highest BCUT2D eigenvalue weighted by Crippen LogP contribution is 2.23. The standard InChI is InChI=1S/C24H24FN3O4/c1-16-13-21(17(2)28(16)19-6-3-5-18(25)14-19)22(29)15-32-24(30)20-7-4-8-26-23(20)27-9-11-31-12-10-27/h3-8,13-14H,9-12,15H2,1-2H3. The number of pyridine rings is 1. The van der Waals surface area contributed by atoms with Crippen LogP contribution in [0.25, 0.3) is 5.69 Å². The molecule has 0 atom stereocenters. The minimum Gasteiger partial charge on any atom is -0.454 e. The van der Waals surface area contributed by atoms with Crippen molar-refractivity contribution in [2.45, 2.75) is 13.8 Å². The average molecular weight is 437 g/mol. The van der Waals surface area contributed by atoms with Crippen LogP contribution >= 0.6 is 0 Å². The van der Waals surface area contributed by atoms with E-state index in [4.69, 9.17) is 9.47 Å². The first kappa shape index (κ1) is 21.7. The van der Waals surface area contributed by atoms with Crippen LogP contribution in [0.3, 0.4) is 0 Å². The number of ether oxygens (including phenoxy) is 2. The third-order valence-electron chi connectivity index (χ3n) is 5.45. The SMILES string of the molecule is Cc1cc(C(=O)COC(=O)c2cccnc2N2CCOCC2)c(C)n1-c1cccc(F)c1. The van der Waals surface area contributed by atoms with Crippen LogP contribution in [0, 0.1) is 19.7 Å². The van der Waals surface area contributed by atoms with Crippen LogP contribution in [-0.2, 0) is 9.47 Å². The number of halogens is 1. The number of carbonyl (C=O) groups is 2. The van der Waals surface area contributed by atoms with Gasteiger partial charge in [0.2, 0.25) is 5.78 Å². The number of rotatable bonds is 6. The van der Waals surface area contributed by atoms with Gasteiger partial charge >= 0.3 is 5.97 Å². The maximum atomic E-state index is 13.7. The highest BCUT2D eigenvalue weighted by molar-refractivity contribution is 6.01. The topological polar surface area (TPSA) is 73.7 Å². The number of morpholine rings is 1. The first-order valence-corrected chi connectivity index (χ1v) is 10.4. The number of benzene rings is 1. The lowest BCUT2D eigenvalue weighted by atomic mass is 10.1. The van der Waals surface area contributed by atoms with E-state index in [1.807, 2.05) is 11.8 Å². The molecule has 0 radical (unpaired) electrons. The summed E-state index contributed by atoms with van der Waals surface area (Å²) in [6.45, 7) is 5.60. The summed E-state index contributed by atoms with van der Waals surface area (Å²) < 4.78 is 26.2. The summed E-state index contributed by atoms with van der Waals surface area (Å²) in [5.74, 6) is -0.764. The lowest BCUT2D eigenvalue weighted by Gasteiger charge is -2.28. The van der Waals surface area contributed by atoms with Crippen molar-refractivity contribution in [3.8, 4) is 5.69 Å². The van der Waals surface area contributed by atoms with Gasteiger partial charge in [-0.3, -0.25) is 4.79 Å². The fourth-order valence-corrected chi connectivity index (χ4v) is 3.93. The highest BCUT2D eigenvalue weighted by atomic mass is 19.1. The summed E-state index contributed by atoms with van der Waals surface area (Å²) in [6, 6.07) is 11.2. The molecule has 0 amide bonds. The van der Waals surface area contributed by atoms with E-state index >= 15 is 0 Å². The molecule has 0 bridgehead atoms. The molecule has 1 aliphatic heterocycles. The van der Waals surface area contributed by atoms with Gasteiger partial charge < -0.3 is 18.9 Å². The van der Waals surface area contributed by atoms with Crippen LogP contribution in [0.15, 0.2) is 48.7 Å². The minimum atomic E-state index is -0.605. The van der Waals surface area contributed by atoms with E-state index in [0.717, 1.165) is 5.69 Å². The zero-order chi connectivity index (χ0) is 22.7. The van der Waals surface area contributed by atoms with Crippen molar-refractivity contribution in [3.05, 3.63) is 77.0 Å². The van der Waals surface area contributed by atoms with E-state index in [1.165, 1.54) is 12.1 Å². The average Bonchev–Trinajstić information content (AvgIpc) is 3.11. The third kappa shape index (κ3) is 4.40. The number of nitrogens with zero attached hydrogens (tertiary/aromatic N) is 3. The van der Waals surface area contributed by atoms with Gasteiger partial charge in [-0.1, -0.05) is 6.07 Å². The van der Waals surface area contributed by atoms with E-state index in [2.05, 4.69) is 4.98 Å². The molecule has 0 spiro atoms. The zero-order valence-corrected chi connectivity index (χ0v) is 18.0. The van der Waals surface area contributed by atoms with Crippen molar-refractivity contribution < 1.29 is 23.5 Å². The monoisotopic (exact) mass is 437 g/mol. The number of anilines is 1. The molecule has 3 aromatic rings. The minimum absolute atomic E-state index is 0.312. The molecule has 4 rings (SSSR count). The van der Waals surface area contributed by atoms with Crippen LogP contribution in [0.1, 0.15) is 32.1 Å². The Labute approximate surface area is 185 Å². The molecule has 7 nitrogen and oxygen atoms in total. The maximum absolute atomic E-state index is 13.7. The van der Waals surface area contributed by atoms with Gasteiger partial charge in [-0.05, 0) is 50.2 Å². The summed E-state index contributed by atoms with van der Waals surface area (Å²) in [5, 5.41) is 0. The van der Waals surface area contributed by atoms with Crippen LogP contribution in [-0.4, -0.2) is 54.2 Å². The zero-order valence-electron chi connectivity index (χ0n) is 18.0. The van der Waals surface area contributed by atoms with Crippen molar-refractivity contribution in [3.63, 3.8) is 0 Å². The van der Waals surface area contributed by atoms with Crippen LogP contribution in [0.4, 0.5) is 10.2 Å². The number of hydrogen-bond acceptors (Lipinski definition) is 6. The van der Waals surface area contributed by atoms with Gasteiger partial charge in [0, 0.05) is 41.9 Å². The Morgan fingerprint density at radius 3 is 2.62 bits per heavy atom. The van der Waals surface area contributed by atoms with Crippen molar-refractivity contribution in [1.29, 1.82) is 0 Å². The quantitative estimate of drug-likeness (QED) is 0.434. The summed E-state index contributed by atoms with van der Waals surface area (Å²) in [6.07, 6.45) is 1.62. The Morgan fingerprint density at radius 2 is 1.88 bits per heavy atom. The van der Waals surface area contributed by atoms with Gasteiger partial charge in [0.15, 0.2) is 6.61 Å². The van der Waals surface area contributed by atoms with Crippen molar-refractivity contribution in [1.82, 2.24) is 9.55 Å². The molecule has 0 saturated carbocycles. The van der Waals surface area contributed by atoms with Gasteiger partial charge in [-0.2, -0.15) is 0 Å². The Kier molecular flexibility index (Phi) is 6.32. The second-order valence-electron chi connectivity index (χ2n) is 7.57. The van der Waals surface area contributed by atoms with Crippen LogP contribution in [0.2, 0.25) is 0 Å². The van der Waals surface area contributed by atoms with E-state index in [9.17, 15) is 14.0 Å². The smallest absolute Gasteiger partial charge is 0.342 e. The Morgan fingerprint density at radius 1 is 1.09 bits per heavy atom. The number of aryl methyl sites for hydroxylation is 1. The normalized spacial score (nSPS) is 13.8. The van der Waals surface area contributed by atoms with Crippen LogP contribution < -0.4 is 4.90 Å². The van der Waals surface area contributed by atoms with Crippen molar-refractivity contribution in [2.24, 2.45) is 0 Å². The molecular formula is C24H24FN3O4.